The molecule has 6 nitrogen and oxygen atoms in total. The maximum absolute atomic E-state index is 11.3. The highest BCUT2D eigenvalue weighted by atomic mass is 16.4. The van der Waals surface area contributed by atoms with E-state index in [4.69, 9.17) is 5.11 Å². The normalized spacial score (nSPS) is 17.0. The van der Waals surface area contributed by atoms with E-state index in [-0.39, 0.29) is 18.2 Å². The third-order valence-corrected chi connectivity index (χ3v) is 3.33. The first-order valence-electron chi connectivity index (χ1n) is 6.76. The van der Waals surface area contributed by atoms with Gasteiger partial charge >= 0.3 is 5.97 Å². The summed E-state index contributed by atoms with van der Waals surface area (Å²) in [6.45, 7) is 3.83. The summed E-state index contributed by atoms with van der Waals surface area (Å²) in [6, 6.07) is 0. The van der Waals surface area contributed by atoms with E-state index in [1.165, 1.54) is 4.90 Å². The molecule has 1 heterocycles. The van der Waals surface area contributed by atoms with E-state index in [2.05, 4.69) is 5.32 Å². The molecule has 2 N–H and O–H groups in total. The standard InChI is InChI=1S/C13H22N2O4/c1-10(2-5-13(18)19)6-7-14-8-9-15-11(16)3-4-12(15)17/h10,14H,2-9H2,1H3,(H,18,19). The SMILES string of the molecule is CC(CCNCCN1C(=O)CCC1=O)CCC(=O)O. The van der Waals surface area contributed by atoms with Crippen molar-refractivity contribution < 1.29 is 19.5 Å². The molecular formula is C13H22N2O4. The Morgan fingerprint density at radius 1 is 1.26 bits per heavy atom. The van der Waals surface area contributed by atoms with E-state index in [1.807, 2.05) is 6.92 Å². The van der Waals surface area contributed by atoms with Crippen molar-refractivity contribution >= 4 is 17.8 Å². The van der Waals surface area contributed by atoms with Gasteiger partial charge in [0.25, 0.3) is 0 Å². The van der Waals surface area contributed by atoms with Gasteiger partial charge in [0.1, 0.15) is 0 Å². The number of rotatable bonds is 9. The van der Waals surface area contributed by atoms with E-state index < -0.39 is 5.97 Å². The number of amides is 2. The lowest BCUT2D eigenvalue weighted by molar-refractivity contribution is -0.139. The Morgan fingerprint density at radius 2 is 1.89 bits per heavy atom. The van der Waals surface area contributed by atoms with Crippen LogP contribution in [0.2, 0.25) is 0 Å². The lowest BCUT2D eigenvalue weighted by atomic mass is 10.0. The Morgan fingerprint density at radius 3 is 2.47 bits per heavy atom. The summed E-state index contributed by atoms with van der Waals surface area (Å²) in [4.78, 5) is 34.4. The molecule has 0 aromatic heterocycles. The number of nitrogens with one attached hydrogen (secondary N) is 1. The largest absolute Gasteiger partial charge is 0.481 e. The molecule has 0 aromatic carbocycles. The number of hydrogen-bond acceptors (Lipinski definition) is 4. The second-order valence-electron chi connectivity index (χ2n) is 5.02. The van der Waals surface area contributed by atoms with Crippen LogP contribution in [-0.2, 0) is 14.4 Å². The molecule has 0 saturated carbocycles. The van der Waals surface area contributed by atoms with Crippen LogP contribution in [0, 0.1) is 5.92 Å². The van der Waals surface area contributed by atoms with Crippen LogP contribution in [0.25, 0.3) is 0 Å². The maximum Gasteiger partial charge on any atom is 0.303 e. The Kier molecular flexibility index (Phi) is 6.49. The average molecular weight is 270 g/mol. The number of imide groups is 1. The number of likely N-dealkylation sites (tertiary alicyclic amines) is 1. The van der Waals surface area contributed by atoms with Crippen LogP contribution in [0.1, 0.15) is 39.0 Å². The van der Waals surface area contributed by atoms with Crippen molar-refractivity contribution in [3.63, 3.8) is 0 Å². The van der Waals surface area contributed by atoms with Crippen molar-refractivity contribution in [3.8, 4) is 0 Å². The predicted molar refractivity (Wildman–Crippen MR) is 69.5 cm³/mol. The topological polar surface area (TPSA) is 86.7 Å². The van der Waals surface area contributed by atoms with Gasteiger partial charge in [-0.3, -0.25) is 19.3 Å². The fourth-order valence-electron chi connectivity index (χ4n) is 2.05. The highest BCUT2D eigenvalue weighted by Crippen LogP contribution is 2.11. The van der Waals surface area contributed by atoms with Crippen molar-refractivity contribution in [2.45, 2.75) is 39.0 Å². The van der Waals surface area contributed by atoms with Crippen molar-refractivity contribution in [1.29, 1.82) is 0 Å². The molecule has 2 amide bonds. The van der Waals surface area contributed by atoms with Gasteiger partial charge in [-0.2, -0.15) is 0 Å². The summed E-state index contributed by atoms with van der Waals surface area (Å²) < 4.78 is 0. The zero-order valence-electron chi connectivity index (χ0n) is 11.4. The quantitative estimate of drug-likeness (QED) is 0.473. The number of nitrogens with zero attached hydrogens (tertiary/aromatic N) is 1. The molecule has 1 fully saturated rings. The lowest BCUT2D eigenvalue weighted by Crippen LogP contribution is -2.36. The van der Waals surface area contributed by atoms with Crippen LogP contribution in [0.5, 0.6) is 0 Å². The van der Waals surface area contributed by atoms with Crippen LogP contribution < -0.4 is 5.32 Å². The molecular weight excluding hydrogens is 248 g/mol. The molecule has 1 aliphatic heterocycles. The highest BCUT2D eigenvalue weighted by Gasteiger charge is 2.27. The molecule has 0 aliphatic carbocycles. The monoisotopic (exact) mass is 270 g/mol. The van der Waals surface area contributed by atoms with Crippen molar-refractivity contribution in [1.82, 2.24) is 10.2 Å². The average Bonchev–Trinajstić information content (AvgIpc) is 2.67. The molecule has 1 saturated heterocycles. The van der Waals surface area contributed by atoms with Gasteiger partial charge < -0.3 is 10.4 Å². The van der Waals surface area contributed by atoms with Gasteiger partial charge in [-0.1, -0.05) is 6.92 Å². The second-order valence-corrected chi connectivity index (χ2v) is 5.02. The van der Waals surface area contributed by atoms with Crippen LogP contribution in [0.15, 0.2) is 0 Å². The summed E-state index contributed by atoms with van der Waals surface area (Å²) in [5.74, 6) is -0.562. The van der Waals surface area contributed by atoms with Crippen LogP contribution in [0.4, 0.5) is 0 Å². The van der Waals surface area contributed by atoms with E-state index >= 15 is 0 Å². The van der Waals surface area contributed by atoms with Crippen LogP contribution in [0.3, 0.4) is 0 Å². The molecule has 6 heteroatoms. The molecule has 0 spiro atoms. The fourth-order valence-corrected chi connectivity index (χ4v) is 2.05. The number of carbonyl (C=O) groups is 3. The van der Waals surface area contributed by atoms with Crippen LogP contribution >= 0.6 is 0 Å². The zero-order chi connectivity index (χ0) is 14.3. The summed E-state index contributed by atoms with van der Waals surface area (Å²) in [7, 11) is 0. The molecule has 108 valence electrons. The first-order chi connectivity index (χ1) is 9.00. The van der Waals surface area contributed by atoms with Gasteiger partial charge in [0.2, 0.25) is 11.8 Å². The summed E-state index contributed by atoms with van der Waals surface area (Å²) in [5.41, 5.74) is 0. The van der Waals surface area contributed by atoms with Crippen LogP contribution in [-0.4, -0.2) is 47.4 Å². The predicted octanol–water partition coefficient (Wildman–Crippen LogP) is 0.616. The maximum atomic E-state index is 11.3. The van der Waals surface area contributed by atoms with Crippen molar-refractivity contribution in [2.75, 3.05) is 19.6 Å². The molecule has 1 rings (SSSR count). The summed E-state index contributed by atoms with van der Waals surface area (Å²) in [5, 5.41) is 11.7. The van der Waals surface area contributed by atoms with Gasteiger partial charge in [0.15, 0.2) is 0 Å². The van der Waals surface area contributed by atoms with Gasteiger partial charge in [0, 0.05) is 32.4 Å². The molecule has 0 aromatic rings. The number of hydrogen-bond donors (Lipinski definition) is 2. The lowest BCUT2D eigenvalue weighted by Gasteiger charge is -2.15. The van der Waals surface area contributed by atoms with E-state index in [0.717, 1.165) is 13.0 Å². The number of aliphatic carboxylic acids is 1. The highest BCUT2D eigenvalue weighted by molar-refractivity contribution is 6.01. The van der Waals surface area contributed by atoms with Gasteiger partial charge in [-0.15, -0.1) is 0 Å². The molecule has 0 radical (unpaired) electrons. The Labute approximate surface area is 113 Å². The number of carboxylic acids is 1. The summed E-state index contributed by atoms with van der Waals surface area (Å²) in [6.07, 6.45) is 2.46. The number of carbonyl (C=O) groups excluding carboxylic acids is 2. The molecule has 1 aliphatic rings. The minimum atomic E-state index is -0.758. The van der Waals surface area contributed by atoms with Gasteiger partial charge in [-0.25, -0.2) is 0 Å². The second kappa shape index (κ2) is 7.89. The third kappa shape index (κ3) is 5.83. The van der Waals surface area contributed by atoms with Gasteiger partial charge in [0.05, 0.1) is 0 Å². The van der Waals surface area contributed by atoms with Gasteiger partial charge in [-0.05, 0) is 25.3 Å². The van der Waals surface area contributed by atoms with E-state index in [9.17, 15) is 14.4 Å². The first-order valence-corrected chi connectivity index (χ1v) is 6.76. The zero-order valence-corrected chi connectivity index (χ0v) is 11.4. The Balaban J connectivity index is 2.03. The minimum absolute atomic E-state index is 0.0818. The first kappa shape index (κ1) is 15.6. The molecule has 19 heavy (non-hydrogen) atoms. The van der Waals surface area contributed by atoms with E-state index in [0.29, 0.717) is 38.3 Å². The molecule has 0 bridgehead atoms. The minimum Gasteiger partial charge on any atom is -0.481 e. The van der Waals surface area contributed by atoms with E-state index in [1.54, 1.807) is 0 Å². The summed E-state index contributed by atoms with van der Waals surface area (Å²) >= 11 is 0. The fraction of sp³-hybridized carbons (Fsp3) is 0.769. The van der Waals surface area contributed by atoms with Crippen molar-refractivity contribution in [3.05, 3.63) is 0 Å². The molecule has 1 atom stereocenters. The molecule has 1 unspecified atom stereocenters. The number of carboxylic acid groups (broad SMARTS) is 1. The Bertz CT molecular complexity index is 328. The third-order valence-electron chi connectivity index (χ3n) is 3.33. The Hall–Kier alpha value is -1.43. The smallest absolute Gasteiger partial charge is 0.303 e. The van der Waals surface area contributed by atoms with Crippen molar-refractivity contribution in [2.24, 2.45) is 5.92 Å².